The zero-order chi connectivity index (χ0) is 21.3. The van der Waals surface area contributed by atoms with E-state index in [1.807, 2.05) is 40.8 Å². The smallest absolute Gasteiger partial charge is 0.294 e. The van der Waals surface area contributed by atoms with Crippen molar-refractivity contribution < 1.29 is 4.92 Å². The highest BCUT2D eigenvalue weighted by molar-refractivity contribution is 7.71. The molecule has 1 saturated heterocycles. The summed E-state index contributed by atoms with van der Waals surface area (Å²) in [5.41, 5.74) is 2.82. The van der Waals surface area contributed by atoms with E-state index in [0.717, 1.165) is 24.5 Å². The molecule has 0 radical (unpaired) electrons. The molecule has 3 aromatic rings. The van der Waals surface area contributed by atoms with Crippen LogP contribution in [0, 0.1) is 21.8 Å². The van der Waals surface area contributed by atoms with Gasteiger partial charge in [-0.15, -0.1) is 0 Å². The van der Waals surface area contributed by atoms with Gasteiger partial charge in [0.1, 0.15) is 5.69 Å². The highest BCUT2D eigenvalue weighted by Gasteiger charge is 2.24. The Morgan fingerprint density at radius 2 is 1.87 bits per heavy atom. The number of hydrogen-bond donors (Lipinski definition) is 1. The number of nitro groups is 1. The SMILES string of the molecule is Cc1ccc(-c2nc(=S)n(CN3CCN(c4ccc(Cl)cc4[N+](=O)[O-])CC3)[nH]2)cc1. The number of hydrogen-bond acceptors (Lipinski definition) is 6. The summed E-state index contributed by atoms with van der Waals surface area (Å²) in [5.74, 6) is 0.746. The predicted octanol–water partition coefficient (Wildman–Crippen LogP) is 4.26. The summed E-state index contributed by atoms with van der Waals surface area (Å²) in [6, 6.07) is 12.9. The van der Waals surface area contributed by atoms with E-state index in [2.05, 4.69) is 15.0 Å². The summed E-state index contributed by atoms with van der Waals surface area (Å²) in [7, 11) is 0. The lowest BCUT2D eigenvalue weighted by molar-refractivity contribution is -0.384. The van der Waals surface area contributed by atoms with Gasteiger partial charge in [0, 0.05) is 42.8 Å². The van der Waals surface area contributed by atoms with Crippen LogP contribution in [0.4, 0.5) is 11.4 Å². The Kier molecular flexibility index (Phi) is 5.85. The van der Waals surface area contributed by atoms with Crippen molar-refractivity contribution in [2.24, 2.45) is 0 Å². The van der Waals surface area contributed by atoms with Crippen molar-refractivity contribution in [3.63, 3.8) is 0 Å². The predicted molar refractivity (Wildman–Crippen MR) is 119 cm³/mol. The lowest BCUT2D eigenvalue weighted by atomic mass is 10.1. The number of nitro benzene ring substituents is 1. The fourth-order valence-corrected chi connectivity index (χ4v) is 3.89. The molecule has 30 heavy (non-hydrogen) atoms. The normalized spacial score (nSPS) is 14.8. The Balaban J connectivity index is 1.43. The van der Waals surface area contributed by atoms with E-state index >= 15 is 0 Å². The largest absolute Gasteiger partial charge is 0.363 e. The molecule has 1 aromatic heterocycles. The second-order valence-corrected chi connectivity index (χ2v) is 8.09. The van der Waals surface area contributed by atoms with E-state index in [0.29, 0.717) is 35.2 Å². The standard InChI is InChI=1S/C20H21ClN6O2S/c1-14-2-4-15(5-3-14)19-22-20(30)26(23-19)13-24-8-10-25(11-9-24)17-7-6-16(21)12-18(17)27(28)29/h2-7,12H,8-11,13H2,1H3,(H,22,23,30). The third-order valence-corrected chi connectivity index (χ3v) is 5.74. The Morgan fingerprint density at radius 3 is 2.53 bits per heavy atom. The van der Waals surface area contributed by atoms with Crippen molar-refractivity contribution in [2.75, 3.05) is 31.1 Å². The van der Waals surface area contributed by atoms with Crippen LogP contribution in [0.15, 0.2) is 42.5 Å². The second-order valence-electron chi connectivity index (χ2n) is 7.29. The molecule has 0 aliphatic carbocycles. The number of halogens is 1. The monoisotopic (exact) mass is 444 g/mol. The summed E-state index contributed by atoms with van der Waals surface area (Å²) < 4.78 is 2.35. The molecular formula is C20H21ClN6O2S. The average molecular weight is 445 g/mol. The first-order valence-corrected chi connectivity index (χ1v) is 10.3. The maximum absolute atomic E-state index is 11.4. The number of nitrogens with zero attached hydrogens (tertiary/aromatic N) is 5. The number of aromatic amines is 1. The minimum atomic E-state index is -0.385. The van der Waals surface area contributed by atoms with Crippen LogP contribution in [-0.2, 0) is 6.67 Å². The quantitative estimate of drug-likeness (QED) is 0.359. The van der Waals surface area contributed by atoms with Crippen LogP contribution in [0.1, 0.15) is 5.56 Å². The summed E-state index contributed by atoms with van der Waals surface area (Å²) in [5, 5.41) is 15.0. The van der Waals surface area contributed by atoms with Crippen molar-refractivity contribution in [3.05, 3.63) is 67.9 Å². The van der Waals surface area contributed by atoms with Gasteiger partial charge in [0.05, 0.1) is 11.6 Å². The van der Waals surface area contributed by atoms with Crippen molar-refractivity contribution in [1.82, 2.24) is 19.7 Å². The molecule has 1 N–H and O–H groups in total. The zero-order valence-electron chi connectivity index (χ0n) is 16.4. The number of nitrogens with one attached hydrogen (secondary N) is 1. The van der Waals surface area contributed by atoms with Crippen LogP contribution < -0.4 is 4.90 Å². The van der Waals surface area contributed by atoms with Gasteiger partial charge in [0.15, 0.2) is 5.82 Å². The minimum Gasteiger partial charge on any atom is -0.363 e. The van der Waals surface area contributed by atoms with Gasteiger partial charge in [-0.3, -0.25) is 20.1 Å². The molecule has 0 amide bonds. The van der Waals surface area contributed by atoms with E-state index in [1.54, 1.807) is 12.1 Å². The first-order valence-electron chi connectivity index (χ1n) is 9.56. The second kappa shape index (κ2) is 8.55. The van der Waals surface area contributed by atoms with Crippen molar-refractivity contribution in [3.8, 4) is 11.4 Å². The van der Waals surface area contributed by atoms with Gasteiger partial charge >= 0.3 is 0 Å². The molecule has 4 rings (SSSR count). The number of piperazine rings is 1. The molecule has 2 heterocycles. The van der Waals surface area contributed by atoms with Crippen LogP contribution in [0.5, 0.6) is 0 Å². The average Bonchev–Trinajstić information content (AvgIpc) is 3.09. The fourth-order valence-electron chi connectivity index (χ4n) is 3.53. The molecule has 0 spiro atoms. The summed E-state index contributed by atoms with van der Waals surface area (Å²) in [6.07, 6.45) is 0. The van der Waals surface area contributed by atoms with E-state index in [4.69, 9.17) is 23.8 Å². The number of rotatable bonds is 5. The molecule has 1 aliphatic rings. The molecule has 0 saturated carbocycles. The Hall–Kier alpha value is -2.75. The maximum atomic E-state index is 11.4. The van der Waals surface area contributed by atoms with Gasteiger partial charge in [-0.2, -0.15) is 4.98 Å². The molecule has 2 aromatic carbocycles. The molecule has 156 valence electrons. The molecular weight excluding hydrogens is 424 g/mol. The molecule has 8 nitrogen and oxygen atoms in total. The summed E-state index contributed by atoms with van der Waals surface area (Å²) in [6.45, 7) is 5.49. The summed E-state index contributed by atoms with van der Waals surface area (Å²) in [4.78, 5) is 19.7. The van der Waals surface area contributed by atoms with Gasteiger partial charge in [0.2, 0.25) is 4.77 Å². The fraction of sp³-hybridized carbons (Fsp3) is 0.300. The number of anilines is 1. The Labute approximate surface area is 183 Å². The molecule has 0 bridgehead atoms. The van der Waals surface area contributed by atoms with Crippen LogP contribution in [0.2, 0.25) is 5.02 Å². The van der Waals surface area contributed by atoms with Gasteiger partial charge < -0.3 is 4.90 Å². The lowest BCUT2D eigenvalue weighted by Crippen LogP contribution is -2.47. The lowest BCUT2D eigenvalue weighted by Gasteiger charge is -2.35. The first kappa shape index (κ1) is 20.5. The molecule has 10 heteroatoms. The van der Waals surface area contributed by atoms with Gasteiger partial charge in [-0.1, -0.05) is 41.4 Å². The van der Waals surface area contributed by atoms with E-state index in [1.165, 1.54) is 11.6 Å². The van der Waals surface area contributed by atoms with Crippen molar-refractivity contribution in [1.29, 1.82) is 0 Å². The van der Waals surface area contributed by atoms with E-state index in [-0.39, 0.29) is 10.6 Å². The van der Waals surface area contributed by atoms with Crippen LogP contribution in [-0.4, -0.2) is 50.8 Å². The first-order chi connectivity index (χ1) is 14.4. The van der Waals surface area contributed by atoms with E-state index in [9.17, 15) is 10.1 Å². The van der Waals surface area contributed by atoms with Crippen molar-refractivity contribution in [2.45, 2.75) is 13.6 Å². The molecule has 1 fully saturated rings. The highest BCUT2D eigenvalue weighted by atomic mass is 35.5. The topological polar surface area (TPSA) is 83.2 Å². The Morgan fingerprint density at radius 1 is 1.17 bits per heavy atom. The highest BCUT2D eigenvalue weighted by Crippen LogP contribution is 2.31. The zero-order valence-corrected chi connectivity index (χ0v) is 18.0. The number of aryl methyl sites for hydroxylation is 1. The van der Waals surface area contributed by atoms with Crippen LogP contribution >= 0.6 is 23.8 Å². The third-order valence-electron chi connectivity index (χ3n) is 5.19. The molecule has 1 aliphatic heterocycles. The van der Waals surface area contributed by atoms with Crippen LogP contribution in [0.25, 0.3) is 11.4 Å². The van der Waals surface area contributed by atoms with Gasteiger partial charge in [0.25, 0.3) is 5.69 Å². The summed E-state index contributed by atoms with van der Waals surface area (Å²) >= 11 is 11.3. The van der Waals surface area contributed by atoms with Gasteiger partial charge in [-0.05, 0) is 31.3 Å². The molecule has 0 atom stereocenters. The number of aromatic nitrogens is 3. The minimum absolute atomic E-state index is 0.0366. The third kappa shape index (κ3) is 4.38. The van der Waals surface area contributed by atoms with Crippen LogP contribution in [0.3, 0.4) is 0 Å². The van der Waals surface area contributed by atoms with Crippen molar-refractivity contribution >= 4 is 35.2 Å². The molecule has 0 unspecified atom stereocenters. The van der Waals surface area contributed by atoms with E-state index < -0.39 is 0 Å². The Bertz CT molecular complexity index is 1120. The van der Waals surface area contributed by atoms with Gasteiger partial charge in [-0.25, -0.2) is 4.68 Å². The number of H-pyrrole nitrogens is 1. The number of benzene rings is 2. The maximum Gasteiger partial charge on any atom is 0.294 e.